The van der Waals surface area contributed by atoms with Crippen LogP contribution >= 0.6 is 0 Å². The van der Waals surface area contributed by atoms with Crippen molar-refractivity contribution in [2.45, 2.75) is 32.7 Å². The molecule has 0 aromatic heterocycles. The Labute approximate surface area is 126 Å². The monoisotopic (exact) mass is 287 g/mol. The third-order valence-electron chi connectivity index (χ3n) is 3.36. The molecule has 0 aliphatic rings. The lowest BCUT2D eigenvalue weighted by Crippen LogP contribution is -2.06. The van der Waals surface area contributed by atoms with Crippen molar-refractivity contribution >= 4 is 0 Å². The van der Waals surface area contributed by atoms with E-state index >= 15 is 0 Å². The van der Waals surface area contributed by atoms with Gasteiger partial charge >= 0.3 is 0 Å². The van der Waals surface area contributed by atoms with Crippen LogP contribution in [0.1, 0.15) is 30.9 Å². The standard InChI is InChI=1S/C18H22FNO/c1-3-4-5-14-6-9-17(10-7-14)21-18-11-8-16(19)12-15(18)13-20-2/h6-12,20H,3-5,13H2,1-2H3. The first kappa shape index (κ1) is 15.5. The summed E-state index contributed by atoms with van der Waals surface area (Å²) < 4.78 is 19.2. The van der Waals surface area contributed by atoms with E-state index < -0.39 is 0 Å². The van der Waals surface area contributed by atoms with Gasteiger partial charge in [0.2, 0.25) is 0 Å². The number of halogens is 1. The first-order chi connectivity index (χ1) is 10.2. The molecule has 0 saturated carbocycles. The van der Waals surface area contributed by atoms with E-state index in [1.54, 1.807) is 6.07 Å². The molecule has 2 aromatic rings. The Bertz CT molecular complexity index is 566. The van der Waals surface area contributed by atoms with E-state index in [0.717, 1.165) is 17.7 Å². The minimum atomic E-state index is -0.248. The predicted molar refractivity (Wildman–Crippen MR) is 84.3 cm³/mol. The molecule has 2 aromatic carbocycles. The van der Waals surface area contributed by atoms with E-state index in [-0.39, 0.29) is 5.82 Å². The Morgan fingerprint density at radius 2 is 1.86 bits per heavy atom. The number of aryl methyl sites for hydroxylation is 1. The van der Waals surface area contributed by atoms with Gasteiger partial charge < -0.3 is 10.1 Å². The molecule has 0 fully saturated rings. The third-order valence-corrected chi connectivity index (χ3v) is 3.36. The Balaban J connectivity index is 2.10. The van der Waals surface area contributed by atoms with Crippen molar-refractivity contribution in [2.75, 3.05) is 7.05 Å². The highest BCUT2D eigenvalue weighted by atomic mass is 19.1. The quantitative estimate of drug-likeness (QED) is 0.798. The molecule has 3 heteroatoms. The summed E-state index contributed by atoms with van der Waals surface area (Å²) in [5.41, 5.74) is 2.13. The van der Waals surface area contributed by atoms with E-state index in [4.69, 9.17) is 4.74 Å². The fourth-order valence-electron chi connectivity index (χ4n) is 2.21. The zero-order valence-electron chi connectivity index (χ0n) is 12.7. The molecular formula is C18H22FNO. The average Bonchev–Trinajstić information content (AvgIpc) is 2.49. The van der Waals surface area contributed by atoms with Gasteiger partial charge in [-0.1, -0.05) is 25.5 Å². The Kier molecular flexibility index (Phi) is 5.76. The van der Waals surface area contributed by atoms with Crippen LogP contribution in [-0.4, -0.2) is 7.05 Å². The number of rotatable bonds is 7. The van der Waals surface area contributed by atoms with E-state index in [0.29, 0.717) is 12.3 Å². The molecule has 0 radical (unpaired) electrons. The molecule has 1 N–H and O–H groups in total. The highest BCUT2D eigenvalue weighted by Crippen LogP contribution is 2.26. The first-order valence-electron chi connectivity index (χ1n) is 7.42. The molecular weight excluding hydrogens is 265 g/mol. The molecule has 0 atom stereocenters. The first-order valence-corrected chi connectivity index (χ1v) is 7.42. The van der Waals surface area contributed by atoms with E-state index in [1.165, 1.54) is 30.5 Å². The van der Waals surface area contributed by atoms with Gasteiger partial charge in [0.05, 0.1) is 0 Å². The number of hydrogen-bond donors (Lipinski definition) is 1. The summed E-state index contributed by atoms with van der Waals surface area (Å²) in [6, 6.07) is 12.7. The molecule has 0 unspecified atom stereocenters. The lowest BCUT2D eigenvalue weighted by atomic mass is 10.1. The summed E-state index contributed by atoms with van der Waals surface area (Å²) in [5.74, 6) is 1.22. The molecule has 2 rings (SSSR count). The van der Waals surface area contributed by atoms with Gasteiger partial charge in [0.25, 0.3) is 0 Å². The van der Waals surface area contributed by atoms with Crippen LogP contribution in [0.25, 0.3) is 0 Å². The Morgan fingerprint density at radius 3 is 2.52 bits per heavy atom. The maximum Gasteiger partial charge on any atom is 0.132 e. The van der Waals surface area contributed by atoms with Gasteiger partial charge in [-0.05, 0) is 55.8 Å². The van der Waals surface area contributed by atoms with Crippen molar-refractivity contribution in [1.82, 2.24) is 5.32 Å². The molecule has 0 spiro atoms. The van der Waals surface area contributed by atoms with Crippen molar-refractivity contribution in [2.24, 2.45) is 0 Å². The largest absolute Gasteiger partial charge is 0.457 e. The fourth-order valence-corrected chi connectivity index (χ4v) is 2.21. The maximum atomic E-state index is 13.3. The fraction of sp³-hybridized carbons (Fsp3) is 0.333. The topological polar surface area (TPSA) is 21.3 Å². The number of unbranched alkanes of at least 4 members (excludes halogenated alkanes) is 1. The van der Waals surface area contributed by atoms with Gasteiger partial charge in [0, 0.05) is 12.1 Å². The average molecular weight is 287 g/mol. The van der Waals surface area contributed by atoms with Gasteiger partial charge in [0.15, 0.2) is 0 Å². The van der Waals surface area contributed by atoms with Gasteiger partial charge in [-0.15, -0.1) is 0 Å². The van der Waals surface area contributed by atoms with Crippen molar-refractivity contribution < 1.29 is 9.13 Å². The summed E-state index contributed by atoms with van der Waals surface area (Å²) >= 11 is 0. The zero-order valence-corrected chi connectivity index (χ0v) is 12.7. The van der Waals surface area contributed by atoms with E-state index in [9.17, 15) is 4.39 Å². The summed E-state index contributed by atoms with van der Waals surface area (Å²) in [7, 11) is 1.83. The van der Waals surface area contributed by atoms with Gasteiger partial charge in [-0.3, -0.25) is 0 Å². The van der Waals surface area contributed by atoms with Crippen LogP contribution in [0, 0.1) is 5.82 Å². The number of hydrogen-bond acceptors (Lipinski definition) is 2. The second-order valence-electron chi connectivity index (χ2n) is 5.13. The lowest BCUT2D eigenvalue weighted by Gasteiger charge is -2.11. The normalized spacial score (nSPS) is 10.6. The minimum absolute atomic E-state index is 0.248. The lowest BCUT2D eigenvalue weighted by molar-refractivity contribution is 0.471. The smallest absolute Gasteiger partial charge is 0.132 e. The summed E-state index contributed by atoms with van der Waals surface area (Å²) in [5, 5.41) is 3.02. The highest BCUT2D eigenvalue weighted by Gasteiger charge is 2.06. The number of benzene rings is 2. The van der Waals surface area contributed by atoms with Crippen LogP contribution < -0.4 is 10.1 Å². The summed E-state index contributed by atoms with van der Waals surface area (Å²) in [6.07, 6.45) is 3.49. The molecule has 21 heavy (non-hydrogen) atoms. The molecule has 0 bridgehead atoms. The second-order valence-corrected chi connectivity index (χ2v) is 5.13. The Morgan fingerprint density at radius 1 is 1.10 bits per heavy atom. The van der Waals surface area contributed by atoms with E-state index in [2.05, 4.69) is 24.4 Å². The molecule has 2 nitrogen and oxygen atoms in total. The number of ether oxygens (including phenoxy) is 1. The van der Waals surface area contributed by atoms with Crippen molar-refractivity contribution in [3.63, 3.8) is 0 Å². The molecule has 0 saturated heterocycles. The van der Waals surface area contributed by atoms with E-state index in [1.807, 2.05) is 19.2 Å². The number of nitrogens with one attached hydrogen (secondary N) is 1. The van der Waals surface area contributed by atoms with Crippen LogP contribution in [0.2, 0.25) is 0 Å². The summed E-state index contributed by atoms with van der Waals surface area (Å²) in [4.78, 5) is 0. The molecule has 0 aliphatic heterocycles. The molecule has 0 amide bonds. The van der Waals surface area contributed by atoms with Crippen molar-refractivity contribution in [1.29, 1.82) is 0 Å². The Hall–Kier alpha value is -1.87. The van der Waals surface area contributed by atoms with Crippen LogP contribution in [0.15, 0.2) is 42.5 Å². The van der Waals surface area contributed by atoms with Crippen LogP contribution in [-0.2, 0) is 13.0 Å². The molecule has 112 valence electrons. The zero-order chi connectivity index (χ0) is 15.1. The third kappa shape index (κ3) is 4.57. The SMILES string of the molecule is CCCCc1ccc(Oc2ccc(F)cc2CNC)cc1. The van der Waals surface area contributed by atoms with Gasteiger partial charge in [0.1, 0.15) is 17.3 Å². The minimum Gasteiger partial charge on any atom is -0.457 e. The van der Waals surface area contributed by atoms with Gasteiger partial charge in [-0.2, -0.15) is 0 Å². The van der Waals surface area contributed by atoms with Crippen LogP contribution in [0.4, 0.5) is 4.39 Å². The summed E-state index contributed by atoms with van der Waals surface area (Å²) in [6.45, 7) is 2.76. The molecule has 0 aliphatic carbocycles. The van der Waals surface area contributed by atoms with Crippen molar-refractivity contribution in [3.05, 3.63) is 59.4 Å². The highest BCUT2D eigenvalue weighted by molar-refractivity contribution is 5.39. The molecule has 0 heterocycles. The van der Waals surface area contributed by atoms with Crippen molar-refractivity contribution in [3.8, 4) is 11.5 Å². The van der Waals surface area contributed by atoms with Crippen LogP contribution in [0.5, 0.6) is 11.5 Å². The second kappa shape index (κ2) is 7.79. The van der Waals surface area contributed by atoms with Gasteiger partial charge in [-0.25, -0.2) is 4.39 Å². The van der Waals surface area contributed by atoms with Crippen LogP contribution in [0.3, 0.4) is 0 Å². The maximum absolute atomic E-state index is 13.3. The predicted octanol–water partition coefficient (Wildman–Crippen LogP) is 4.68.